The maximum Gasteiger partial charge on any atom is 0.342 e. The molecule has 0 spiro atoms. The van der Waals surface area contributed by atoms with Gasteiger partial charge in [-0.25, -0.2) is 4.79 Å². The molecule has 0 heterocycles. The van der Waals surface area contributed by atoms with E-state index in [2.05, 4.69) is 0 Å². The summed E-state index contributed by atoms with van der Waals surface area (Å²) in [6, 6.07) is 17.9. The summed E-state index contributed by atoms with van der Waals surface area (Å²) >= 11 is 1.30. The summed E-state index contributed by atoms with van der Waals surface area (Å²) in [5.74, 6) is -0.875. The molecule has 2 aromatic carbocycles. The summed E-state index contributed by atoms with van der Waals surface area (Å²) in [6.07, 6.45) is 2.46. The van der Waals surface area contributed by atoms with Crippen LogP contribution >= 0.6 is 11.8 Å². The molecule has 3 heteroatoms. The number of allylic oxidation sites excluding steroid dienone is 1. The Balaban J connectivity index is 2.38. The van der Waals surface area contributed by atoms with E-state index in [0.717, 1.165) is 16.0 Å². The van der Waals surface area contributed by atoms with Crippen molar-refractivity contribution in [2.45, 2.75) is 18.2 Å². The van der Waals surface area contributed by atoms with Crippen molar-refractivity contribution in [3.05, 3.63) is 65.6 Å². The van der Waals surface area contributed by atoms with Gasteiger partial charge < -0.3 is 5.11 Å². The Bertz CT molecular complexity index is 618. The van der Waals surface area contributed by atoms with Gasteiger partial charge in [-0.2, -0.15) is 0 Å². The normalized spacial score (nSPS) is 11.3. The first-order valence-corrected chi connectivity index (χ1v) is 7.29. The third-order valence-electron chi connectivity index (χ3n) is 2.79. The molecule has 2 aromatic rings. The molecule has 0 bridgehead atoms. The number of rotatable bonds is 5. The maximum atomic E-state index is 11.3. The number of aliphatic carboxylic acids is 1. The van der Waals surface area contributed by atoms with Crippen LogP contribution in [-0.2, 0) is 4.79 Å². The topological polar surface area (TPSA) is 37.3 Å². The van der Waals surface area contributed by atoms with Crippen molar-refractivity contribution in [2.75, 3.05) is 0 Å². The molecular weight excluding hydrogens is 268 g/mol. The van der Waals surface area contributed by atoms with Gasteiger partial charge in [0, 0.05) is 4.90 Å². The fourth-order valence-corrected chi connectivity index (χ4v) is 2.91. The summed E-state index contributed by atoms with van der Waals surface area (Å²) in [4.78, 5) is 12.6. The average molecular weight is 284 g/mol. The van der Waals surface area contributed by atoms with Gasteiger partial charge in [-0.15, -0.1) is 0 Å². The molecule has 0 aromatic heterocycles. The Morgan fingerprint density at radius 1 is 1.10 bits per heavy atom. The van der Waals surface area contributed by atoms with Crippen molar-refractivity contribution < 1.29 is 9.90 Å². The summed E-state index contributed by atoms with van der Waals surface area (Å²) in [7, 11) is 0. The first kappa shape index (κ1) is 14.4. The summed E-state index contributed by atoms with van der Waals surface area (Å²) < 4.78 is 0. The first-order chi connectivity index (χ1) is 9.72. The van der Waals surface area contributed by atoms with Crippen LogP contribution in [0.2, 0.25) is 0 Å². The SMILES string of the molecule is CC/C=C(/Sc1ccccc1-c1ccccc1)C(=O)O. The third kappa shape index (κ3) is 3.52. The molecule has 0 radical (unpaired) electrons. The van der Waals surface area contributed by atoms with Crippen molar-refractivity contribution in [3.8, 4) is 11.1 Å². The first-order valence-electron chi connectivity index (χ1n) is 6.48. The second-order valence-electron chi connectivity index (χ2n) is 4.25. The van der Waals surface area contributed by atoms with Gasteiger partial charge >= 0.3 is 5.97 Å². The predicted octanol–water partition coefficient (Wildman–Crippen LogP) is 4.82. The van der Waals surface area contributed by atoms with Crippen molar-refractivity contribution in [3.63, 3.8) is 0 Å². The molecule has 0 atom stereocenters. The predicted molar refractivity (Wildman–Crippen MR) is 83.7 cm³/mol. The van der Waals surface area contributed by atoms with Crippen molar-refractivity contribution in [1.29, 1.82) is 0 Å². The zero-order chi connectivity index (χ0) is 14.4. The van der Waals surface area contributed by atoms with E-state index in [-0.39, 0.29) is 0 Å². The van der Waals surface area contributed by atoms with Gasteiger partial charge in [0.05, 0.1) is 4.91 Å². The molecule has 0 aliphatic carbocycles. The van der Waals surface area contributed by atoms with Crippen LogP contribution in [0.3, 0.4) is 0 Å². The molecular formula is C17H16O2S. The molecule has 0 saturated heterocycles. The lowest BCUT2D eigenvalue weighted by atomic mass is 10.1. The quantitative estimate of drug-likeness (QED) is 0.631. The summed E-state index contributed by atoms with van der Waals surface area (Å²) in [5, 5.41) is 9.24. The summed E-state index contributed by atoms with van der Waals surface area (Å²) in [5.41, 5.74) is 2.15. The lowest BCUT2D eigenvalue weighted by Crippen LogP contribution is -1.97. The second-order valence-corrected chi connectivity index (χ2v) is 5.33. The standard InChI is InChI=1S/C17H16O2S/c1-2-8-16(17(18)19)20-15-12-7-6-11-14(15)13-9-4-3-5-10-13/h3-12H,2H2,1H3,(H,18,19)/b16-8+. The van der Waals surface area contributed by atoms with E-state index in [1.165, 1.54) is 11.8 Å². The lowest BCUT2D eigenvalue weighted by Gasteiger charge is -2.09. The van der Waals surface area contributed by atoms with Crippen LogP contribution in [0.15, 0.2) is 70.5 Å². The number of carboxylic acids is 1. The van der Waals surface area contributed by atoms with Crippen LogP contribution in [0.5, 0.6) is 0 Å². The highest BCUT2D eigenvalue weighted by molar-refractivity contribution is 8.04. The highest BCUT2D eigenvalue weighted by Crippen LogP contribution is 2.35. The Morgan fingerprint density at radius 3 is 2.40 bits per heavy atom. The molecule has 0 amide bonds. The molecule has 0 aliphatic rings. The third-order valence-corrected chi connectivity index (χ3v) is 3.93. The van der Waals surface area contributed by atoms with Crippen molar-refractivity contribution >= 4 is 17.7 Å². The smallest absolute Gasteiger partial charge is 0.342 e. The Labute approximate surface area is 123 Å². The minimum absolute atomic E-state index is 0.371. The number of hydrogen-bond donors (Lipinski definition) is 1. The number of benzene rings is 2. The van der Waals surface area contributed by atoms with Gasteiger partial charge in [-0.3, -0.25) is 0 Å². The second kappa shape index (κ2) is 6.96. The summed E-state index contributed by atoms with van der Waals surface area (Å²) in [6.45, 7) is 1.94. The molecule has 0 fully saturated rings. The van der Waals surface area contributed by atoms with E-state index in [1.54, 1.807) is 6.08 Å². The minimum atomic E-state index is -0.875. The number of carboxylic acid groups (broad SMARTS) is 1. The maximum absolute atomic E-state index is 11.3. The van der Waals surface area contributed by atoms with E-state index in [1.807, 2.05) is 61.5 Å². The Kier molecular flexibility index (Phi) is 5.02. The molecule has 0 aliphatic heterocycles. The van der Waals surface area contributed by atoms with Crippen LogP contribution in [0, 0.1) is 0 Å². The zero-order valence-electron chi connectivity index (χ0n) is 11.2. The Hall–Kier alpha value is -2.00. The van der Waals surface area contributed by atoms with Crippen LogP contribution in [-0.4, -0.2) is 11.1 Å². The van der Waals surface area contributed by atoms with E-state index >= 15 is 0 Å². The van der Waals surface area contributed by atoms with Crippen LogP contribution in [0.1, 0.15) is 13.3 Å². The molecule has 20 heavy (non-hydrogen) atoms. The van der Waals surface area contributed by atoms with Crippen molar-refractivity contribution in [2.24, 2.45) is 0 Å². The van der Waals surface area contributed by atoms with E-state index in [0.29, 0.717) is 11.3 Å². The number of carbonyl (C=O) groups is 1. The molecule has 2 nitrogen and oxygen atoms in total. The average Bonchev–Trinajstić information content (AvgIpc) is 2.48. The van der Waals surface area contributed by atoms with Crippen LogP contribution in [0.4, 0.5) is 0 Å². The fraction of sp³-hybridized carbons (Fsp3) is 0.118. The number of hydrogen-bond acceptors (Lipinski definition) is 2. The lowest BCUT2D eigenvalue weighted by molar-refractivity contribution is -0.131. The minimum Gasteiger partial charge on any atom is -0.477 e. The Morgan fingerprint density at radius 2 is 1.75 bits per heavy atom. The van der Waals surface area contributed by atoms with Gasteiger partial charge in [-0.05, 0) is 23.6 Å². The van der Waals surface area contributed by atoms with Gasteiger partial charge in [-0.1, -0.05) is 73.3 Å². The molecule has 0 unspecified atom stereocenters. The molecule has 1 N–H and O–H groups in total. The zero-order valence-corrected chi connectivity index (χ0v) is 12.1. The largest absolute Gasteiger partial charge is 0.477 e. The van der Waals surface area contributed by atoms with E-state index in [4.69, 9.17) is 0 Å². The highest BCUT2D eigenvalue weighted by Gasteiger charge is 2.12. The van der Waals surface area contributed by atoms with Gasteiger partial charge in [0.1, 0.15) is 0 Å². The molecule has 0 saturated carbocycles. The van der Waals surface area contributed by atoms with E-state index in [9.17, 15) is 9.90 Å². The van der Waals surface area contributed by atoms with Gasteiger partial charge in [0.25, 0.3) is 0 Å². The van der Waals surface area contributed by atoms with Crippen molar-refractivity contribution in [1.82, 2.24) is 0 Å². The van der Waals surface area contributed by atoms with Crippen LogP contribution in [0.25, 0.3) is 11.1 Å². The highest BCUT2D eigenvalue weighted by atomic mass is 32.2. The number of thioether (sulfide) groups is 1. The van der Waals surface area contributed by atoms with Gasteiger partial charge in [0.15, 0.2) is 0 Å². The molecule has 2 rings (SSSR count). The van der Waals surface area contributed by atoms with Crippen LogP contribution < -0.4 is 0 Å². The van der Waals surface area contributed by atoms with Gasteiger partial charge in [0.2, 0.25) is 0 Å². The molecule has 102 valence electrons. The monoisotopic (exact) mass is 284 g/mol. The fourth-order valence-electron chi connectivity index (χ4n) is 1.89. The van der Waals surface area contributed by atoms with E-state index < -0.39 is 5.97 Å².